The van der Waals surface area contributed by atoms with Gasteiger partial charge in [-0.2, -0.15) is 0 Å². The molecule has 0 saturated carbocycles. The quantitative estimate of drug-likeness (QED) is 0.352. The molecule has 1 aromatic heterocycles. The highest BCUT2D eigenvalue weighted by molar-refractivity contribution is 14.0. The van der Waals surface area contributed by atoms with Crippen molar-refractivity contribution in [2.45, 2.75) is 32.9 Å². The highest BCUT2D eigenvalue weighted by Gasteiger charge is 2.28. The molecule has 2 atom stereocenters. The van der Waals surface area contributed by atoms with Crippen molar-refractivity contribution >= 4 is 29.9 Å². The molecule has 1 fully saturated rings. The first-order chi connectivity index (χ1) is 13.7. The van der Waals surface area contributed by atoms with Crippen LogP contribution in [0.3, 0.4) is 0 Å². The minimum atomic E-state index is 0. The van der Waals surface area contributed by atoms with Crippen LogP contribution in [-0.2, 0) is 6.54 Å². The molecule has 1 N–H and O–H groups in total. The number of nitrogens with one attached hydrogen (secondary N) is 1. The van der Waals surface area contributed by atoms with Gasteiger partial charge in [0, 0.05) is 45.1 Å². The molecule has 7 heteroatoms. The Bertz CT molecular complexity index is 718. The first-order valence-electron chi connectivity index (χ1n) is 10.4. The summed E-state index contributed by atoms with van der Waals surface area (Å²) in [4.78, 5) is 13.9. The van der Waals surface area contributed by atoms with Crippen LogP contribution < -0.4 is 5.32 Å². The molecule has 0 bridgehead atoms. The molecule has 0 amide bonds. The van der Waals surface area contributed by atoms with Crippen molar-refractivity contribution in [3.05, 3.63) is 54.6 Å². The lowest BCUT2D eigenvalue weighted by atomic mass is 9.93. The van der Waals surface area contributed by atoms with E-state index in [0.29, 0.717) is 12.0 Å². The molecule has 3 rings (SSSR count). The SMILES string of the molecule is CCNC(=NCCN(C)Cc1ccccc1)N1CCC(C)C(n2ccnc2)C1.I. The molecule has 0 radical (unpaired) electrons. The van der Waals surface area contributed by atoms with Gasteiger partial charge in [0.05, 0.1) is 18.9 Å². The first-order valence-corrected chi connectivity index (χ1v) is 10.4. The number of aromatic nitrogens is 2. The molecular formula is C22H35IN6. The second kappa shape index (κ2) is 12.2. The molecule has 29 heavy (non-hydrogen) atoms. The number of aliphatic imine (C=N–C) groups is 1. The number of likely N-dealkylation sites (tertiary alicyclic amines) is 1. The van der Waals surface area contributed by atoms with Crippen LogP contribution in [0, 0.1) is 5.92 Å². The highest BCUT2D eigenvalue weighted by atomic mass is 127. The molecule has 160 valence electrons. The maximum atomic E-state index is 4.92. The summed E-state index contributed by atoms with van der Waals surface area (Å²) in [6, 6.07) is 11.1. The van der Waals surface area contributed by atoms with Crippen LogP contribution in [0.15, 0.2) is 54.0 Å². The predicted molar refractivity (Wildman–Crippen MR) is 131 cm³/mol. The van der Waals surface area contributed by atoms with E-state index in [1.165, 1.54) is 12.0 Å². The van der Waals surface area contributed by atoms with E-state index in [4.69, 9.17) is 4.99 Å². The van der Waals surface area contributed by atoms with E-state index in [9.17, 15) is 0 Å². The van der Waals surface area contributed by atoms with Crippen LogP contribution in [0.1, 0.15) is 31.9 Å². The molecule has 2 unspecified atom stereocenters. The fourth-order valence-corrected chi connectivity index (χ4v) is 3.82. The highest BCUT2D eigenvalue weighted by Crippen LogP contribution is 2.27. The van der Waals surface area contributed by atoms with E-state index in [-0.39, 0.29) is 24.0 Å². The number of hydrogen-bond acceptors (Lipinski definition) is 3. The Hall–Kier alpha value is -1.61. The van der Waals surface area contributed by atoms with Crippen LogP contribution in [0.4, 0.5) is 0 Å². The molecule has 2 heterocycles. The number of halogens is 1. The monoisotopic (exact) mass is 510 g/mol. The Morgan fingerprint density at radius 2 is 2.10 bits per heavy atom. The zero-order valence-corrected chi connectivity index (χ0v) is 20.2. The van der Waals surface area contributed by atoms with Crippen molar-refractivity contribution in [1.82, 2.24) is 24.7 Å². The standard InChI is InChI=1S/C22H34N6.HI/c1-4-24-22(25-12-14-26(3)16-20-8-6-5-7-9-20)27-13-10-19(2)21(17-27)28-15-11-23-18-28;/h5-9,11,15,18-19,21H,4,10,12-14,16-17H2,1-3H3,(H,24,25);1H. The lowest BCUT2D eigenvalue weighted by Crippen LogP contribution is -2.49. The van der Waals surface area contributed by atoms with Gasteiger partial charge in [0.1, 0.15) is 0 Å². The Labute approximate surface area is 192 Å². The average Bonchev–Trinajstić information content (AvgIpc) is 3.23. The van der Waals surface area contributed by atoms with Crippen LogP contribution in [0.25, 0.3) is 0 Å². The molecule has 0 aliphatic carbocycles. The zero-order chi connectivity index (χ0) is 19.8. The third-order valence-electron chi connectivity index (χ3n) is 5.50. The summed E-state index contributed by atoms with van der Waals surface area (Å²) >= 11 is 0. The second-order valence-electron chi connectivity index (χ2n) is 7.75. The van der Waals surface area contributed by atoms with Gasteiger partial charge in [0.2, 0.25) is 0 Å². The van der Waals surface area contributed by atoms with Crippen LogP contribution in [0.5, 0.6) is 0 Å². The van der Waals surface area contributed by atoms with Crippen molar-refractivity contribution in [3.63, 3.8) is 0 Å². The number of imidazole rings is 1. The number of nitrogens with zero attached hydrogens (tertiary/aromatic N) is 5. The van der Waals surface area contributed by atoms with Crippen LogP contribution in [-0.4, -0.2) is 65.1 Å². The van der Waals surface area contributed by atoms with E-state index in [0.717, 1.165) is 45.2 Å². The smallest absolute Gasteiger partial charge is 0.194 e. The van der Waals surface area contributed by atoms with Crippen molar-refractivity contribution in [2.24, 2.45) is 10.9 Å². The van der Waals surface area contributed by atoms with Crippen molar-refractivity contribution in [2.75, 3.05) is 39.8 Å². The molecule has 1 aromatic carbocycles. The van der Waals surface area contributed by atoms with Crippen molar-refractivity contribution in [3.8, 4) is 0 Å². The van der Waals surface area contributed by atoms with E-state index < -0.39 is 0 Å². The topological polar surface area (TPSA) is 48.7 Å². The lowest BCUT2D eigenvalue weighted by Gasteiger charge is -2.39. The Kier molecular flexibility index (Phi) is 9.93. The Morgan fingerprint density at radius 3 is 2.79 bits per heavy atom. The first kappa shape index (κ1) is 23.7. The molecule has 0 spiro atoms. The number of benzene rings is 1. The van der Waals surface area contributed by atoms with Gasteiger partial charge in [0.15, 0.2) is 5.96 Å². The summed E-state index contributed by atoms with van der Waals surface area (Å²) in [6.45, 7) is 10.1. The number of likely N-dealkylation sites (N-methyl/N-ethyl adjacent to an activating group) is 1. The van der Waals surface area contributed by atoms with E-state index in [1.54, 1.807) is 0 Å². The minimum Gasteiger partial charge on any atom is -0.357 e. The van der Waals surface area contributed by atoms with E-state index >= 15 is 0 Å². The number of guanidine groups is 1. The summed E-state index contributed by atoms with van der Waals surface area (Å²) in [5.41, 5.74) is 1.34. The molecule has 1 saturated heterocycles. The number of piperidine rings is 1. The maximum absolute atomic E-state index is 4.92. The van der Waals surface area contributed by atoms with Gasteiger partial charge in [-0.05, 0) is 31.9 Å². The average molecular weight is 510 g/mol. The largest absolute Gasteiger partial charge is 0.357 e. The van der Waals surface area contributed by atoms with Gasteiger partial charge in [0.25, 0.3) is 0 Å². The molecule has 1 aliphatic rings. The molecule has 6 nitrogen and oxygen atoms in total. The maximum Gasteiger partial charge on any atom is 0.194 e. The van der Waals surface area contributed by atoms with Crippen LogP contribution in [0.2, 0.25) is 0 Å². The normalized spacial score (nSPS) is 19.9. The van der Waals surface area contributed by atoms with Gasteiger partial charge < -0.3 is 19.7 Å². The van der Waals surface area contributed by atoms with Gasteiger partial charge in [-0.15, -0.1) is 24.0 Å². The fourth-order valence-electron chi connectivity index (χ4n) is 3.82. The molecule has 2 aromatic rings. The van der Waals surface area contributed by atoms with E-state index in [1.807, 2.05) is 12.5 Å². The summed E-state index contributed by atoms with van der Waals surface area (Å²) in [5.74, 6) is 1.68. The fraction of sp³-hybridized carbons (Fsp3) is 0.545. The summed E-state index contributed by atoms with van der Waals surface area (Å²) < 4.78 is 2.24. The Balaban J connectivity index is 0.00000300. The minimum absolute atomic E-state index is 0. The summed E-state index contributed by atoms with van der Waals surface area (Å²) in [6.07, 6.45) is 7.05. The second-order valence-corrected chi connectivity index (χ2v) is 7.75. The zero-order valence-electron chi connectivity index (χ0n) is 17.9. The third kappa shape index (κ3) is 6.99. The van der Waals surface area contributed by atoms with Gasteiger partial charge in [-0.1, -0.05) is 37.3 Å². The Morgan fingerprint density at radius 1 is 1.31 bits per heavy atom. The van der Waals surface area contributed by atoms with E-state index in [2.05, 4.69) is 82.1 Å². The predicted octanol–water partition coefficient (Wildman–Crippen LogP) is 3.48. The van der Waals surface area contributed by atoms with Gasteiger partial charge >= 0.3 is 0 Å². The van der Waals surface area contributed by atoms with Crippen LogP contribution >= 0.6 is 24.0 Å². The van der Waals surface area contributed by atoms with Crippen molar-refractivity contribution in [1.29, 1.82) is 0 Å². The third-order valence-corrected chi connectivity index (χ3v) is 5.50. The molecule has 1 aliphatic heterocycles. The summed E-state index contributed by atoms with van der Waals surface area (Å²) in [7, 11) is 2.16. The van der Waals surface area contributed by atoms with Crippen molar-refractivity contribution < 1.29 is 0 Å². The van der Waals surface area contributed by atoms with Gasteiger partial charge in [-0.25, -0.2) is 4.98 Å². The van der Waals surface area contributed by atoms with Gasteiger partial charge in [-0.3, -0.25) is 4.99 Å². The number of hydrogen-bond donors (Lipinski definition) is 1. The summed E-state index contributed by atoms with van der Waals surface area (Å²) in [5, 5.41) is 3.49. The lowest BCUT2D eigenvalue weighted by molar-refractivity contribution is 0.189. The number of rotatable bonds is 7. The molecular weight excluding hydrogens is 475 g/mol.